The number of halogens is 2. The molecule has 94 valence electrons. The Kier molecular flexibility index (Phi) is 2.87. The molecule has 0 radical (unpaired) electrons. The van der Waals surface area contributed by atoms with Crippen molar-refractivity contribution in [2.24, 2.45) is 7.05 Å². The lowest BCUT2D eigenvalue weighted by Gasteiger charge is -2.27. The van der Waals surface area contributed by atoms with E-state index in [4.69, 9.17) is 23.2 Å². The van der Waals surface area contributed by atoms with E-state index in [1.807, 2.05) is 7.05 Å². The van der Waals surface area contributed by atoms with Crippen molar-refractivity contribution >= 4 is 29.2 Å². The lowest BCUT2D eigenvalue weighted by Crippen LogP contribution is -2.32. The van der Waals surface area contributed by atoms with Gasteiger partial charge in [0.2, 0.25) is 16.5 Å². The third kappa shape index (κ3) is 2.04. The molecule has 5 nitrogen and oxygen atoms in total. The van der Waals surface area contributed by atoms with E-state index in [0.29, 0.717) is 5.95 Å². The largest absolute Gasteiger partial charge is 0.353 e. The molecule has 2 aromatic heterocycles. The van der Waals surface area contributed by atoms with Gasteiger partial charge < -0.3 is 9.47 Å². The number of fused-ring (bicyclic) bond motifs is 1. The standard InChI is InChI=1S/C11H11Cl2N5/c1-17-4-2-7-3-5-18(6-8(7)17)11-15-9(12)14-10(13)16-11/h2,4H,3,5-6H2,1H3. The Morgan fingerprint density at radius 3 is 2.61 bits per heavy atom. The summed E-state index contributed by atoms with van der Waals surface area (Å²) in [4.78, 5) is 14.1. The molecule has 3 rings (SSSR count). The second-order valence-electron chi connectivity index (χ2n) is 4.24. The van der Waals surface area contributed by atoms with Crippen molar-refractivity contribution in [3.8, 4) is 0 Å². The summed E-state index contributed by atoms with van der Waals surface area (Å²) < 4.78 is 2.12. The average molecular weight is 284 g/mol. The van der Waals surface area contributed by atoms with Crippen LogP contribution in [0.25, 0.3) is 0 Å². The highest BCUT2D eigenvalue weighted by Crippen LogP contribution is 2.23. The van der Waals surface area contributed by atoms with Crippen LogP contribution in [0.1, 0.15) is 11.3 Å². The van der Waals surface area contributed by atoms with Gasteiger partial charge in [0.1, 0.15) is 0 Å². The van der Waals surface area contributed by atoms with Gasteiger partial charge in [-0.15, -0.1) is 0 Å². The van der Waals surface area contributed by atoms with Crippen molar-refractivity contribution in [2.45, 2.75) is 13.0 Å². The molecule has 0 saturated carbocycles. The Labute approximate surface area is 114 Å². The third-order valence-corrected chi connectivity index (χ3v) is 3.48. The molecule has 0 N–H and O–H groups in total. The Bertz CT molecular complexity index is 575. The molecule has 1 aliphatic rings. The second kappa shape index (κ2) is 4.40. The van der Waals surface area contributed by atoms with E-state index in [-0.39, 0.29) is 10.6 Å². The van der Waals surface area contributed by atoms with E-state index in [1.54, 1.807) is 0 Å². The second-order valence-corrected chi connectivity index (χ2v) is 4.92. The Hall–Kier alpha value is -1.33. The number of aromatic nitrogens is 4. The van der Waals surface area contributed by atoms with Crippen LogP contribution in [0.4, 0.5) is 5.95 Å². The summed E-state index contributed by atoms with van der Waals surface area (Å²) in [6.07, 6.45) is 3.04. The lowest BCUT2D eigenvalue weighted by atomic mass is 10.1. The summed E-state index contributed by atoms with van der Waals surface area (Å²) in [5.74, 6) is 0.534. The number of rotatable bonds is 1. The van der Waals surface area contributed by atoms with Crippen molar-refractivity contribution in [3.05, 3.63) is 34.1 Å². The van der Waals surface area contributed by atoms with Crippen LogP contribution in [0, 0.1) is 0 Å². The molecular weight excluding hydrogens is 273 g/mol. The summed E-state index contributed by atoms with van der Waals surface area (Å²) in [5, 5.41) is 0.255. The monoisotopic (exact) mass is 283 g/mol. The zero-order chi connectivity index (χ0) is 12.7. The van der Waals surface area contributed by atoms with Crippen molar-refractivity contribution in [1.29, 1.82) is 0 Å². The first kappa shape index (κ1) is 11.7. The molecular formula is C11H11Cl2N5. The van der Waals surface area contributed by atoms with Crippen molar-refractivity contribution in [1.82, 2.24) is 19.5 Å². The molecule has 0 amide bonds. The highest BCUT2D eigenvalue weighted by Gasteiger charge is 2.21. The summed E-state index contributed by atoms with van der Waals surface area (Å²) in [6, 6.07) is 2.15. The predicted molar refractivity (Wildman–Crippen MR) is 70.0 cm³/mol. The van der Waals surface area contributed by atoms with Gasteiger partial charge in [0.25, 0.3) is 0 Å². The van der Waals surface area contributed by atoms with Gasteiger partial charge in [-0.05, 0) is 41.3 Å². The quantitative estimate of drug-likeness (QED) is 0.804. The van der Waals surface area contributed by atoms with Crippen LogP contribution in [-0.4, -0.2) is 26.1 Å². The van der Waals surface area contributed by atoms with Crippen LogP contribution in [0.5, 0.6) is 0 Å². The van der Waals surface area contributed by atoms with Crippen molar-refractivity contribution in [3.63, 3.8) is 0 Å². The maximum absolute atomic E-state index is 5.80. The Morgan fingerprint density at radius 1 is 1.17 bits per heavy atom. The van der Waals surface area contributed by atoms with Crippen LogP contribution in [0.3, 0.4) is 0 Å². The van der Waals surface area contributed by atoms with Crippen LogP contribution < -0.4 is 4.90 Å². The third-order valence-electron chi connectivity index (χ3n) is 3.14. The molecule has 0 saturated heterocycles. The number of hydrogen-bond donors (Lipinski definition) is 0. The van der Waals surface area contributed by atoms with Crippen LogP contribution in [0.15, 0.2) is 12.3 Å². The zero-order valence-corrected chi connectivity index (χ0v) is 11.3. The topological polar surface area (TPSA) is 46.8 Å². The van der Waals surface area contributed by atoms with Crippen LogP contribution >= 0.6 is 23.2 Å². The normalized spacial score (nSPS) is 14.7. The van der Waals surface area contributed by atoms with E-state index in [9.17, 15) is 0 Å². The maximum Gasteiger partial charge on any atom is 0.231 e. The first-order chi connectivity index (χ1) is 8.63. The highest BCUT2D eigenvalue weighted by molar-refractivity contribution is 6.31. The minimum atomic E-state index is 0.127. The molecule has 18 heavy (non-hydrogen) atoms. The molecule has 0 atom stereocenters. The fraction of sp³-hybridized carbons (Fsp3) is 0.364. The number of hydrogen-bond acceptors (Lipinski definition) is 4. The van der Waals surface area contributed by atoms with Gasteiger partial charge >= 0.3 is 0 Å². The first-order valence-corrected chi connectivity index (χ1v) is 6.34. The smallest absolute Gasteiger partial charge is 0.231 e. The predicted octanol–water partition coefficient (Wildman–Crippen LogP) is 2.08. The van der Waals surface area contributed by atoms with E-state index < -0.39 is 0 Å². The van der Waals surface area contributed by atoms with E-state index >= 15 is 0 Å². The molecule has 0 fully saturated rings. The van der Waals surface area contributed by atoms with Crippen LogP contribution in [0.2, 0.25) is 10.6 Å². The molecule has 7 heteroatoms. The number of nitrogens with zero attached hydrogens (tertiary/aromatic N) is 5. The molecule has 2 aromatic rings. The Balaban J connectivity index is 1.93. The summed E-state index contributed by atoms with van der Waals surface area (Å²) in [5.41, 5.74) is 2.65. The molecule has 0 unspecified atom stereocenters. The minimum absolute atomic E-state index is 0.127. The van der Waals surface area contributed by atoms with Crippen LogP contribution in [-0.2, 0) is 20.0 Å². The fourth-order valence-corrected chi connectivity index (χ4v) is 2.55. The van der Waals surface area contributed by atoms with Crippen molar-refractivity contribution in [2.75, 3.05) is 11.4 Å². The van der Waals surface area contributed by atoms with Gasteiger partial charge in [-0.1, -0.05) is 0 Å². The molecule has 0 aliphatic carbocycles. The van der Waals surface area contributed by atoms with Gasteiger partial charge in [0, 0.05) is 25.5 Å². The summed E-state index contributed by atoms with van der Waals surface area (Å²) in [6.45, 7) is 1.61. The number of anilines is 1. The molecule has 0 aromatic carbocycles. The van der Waals surface area contributed by atoms with Gasteiger partial charge in [0.05, 0.1) is 6.54 Å². The zero-order valence-electron chi connectivity index (χ0n) is 9.77. The number of aryl methyl sites for hydroxylation is 1. The Morgan fingerprint density at radius 2 is 1.89 bits per heavy atom. The first-order valence-electron chi connectivity index (χ1n) is 5.58. The van der Waals surface area contributed by atoms with Gasteiger partial charge in [-0.2, -0.15) is 15.0 Å². The molecule has 1 aliphatic heterocycles. The van der Waals surface area contributed by atoms with E-state index in [1.165, 1.54) is 11.3 Å². The van der Waals surface area contributed by atoms with Gasteiger partial charge in [-0.3, -0.25) is 0 Å². The fourth-order valence-electron chi connectivity index (χ4n) is 2.20. The van der Waals surface area contributed by atoms with Crippen molar-refractivity contribution < 1.29 is 0 Å². The van der Waals surface area contributed by atoms with Gasteiger partial charge in [-0.25, -0.2) is 0 Å². The SMILES string of the molecule is Cn1ccc2c1CN(c1nc(Cl)nc(Cl)n1)CC2. The minimum Gasteiger partial charge on any atom is -0.353 e. The molecule has 0 bridgehead atoms. The maximum atomic E-state index is 5.80. The summed E-state index contributed by atoms with van der Waals surface area (Å²) >= 11 is 11.6. The van der Waals surface area contributed by atoms with Gasteiger partial charge in [0.15, 0.2) is 0 Å². The van der Waals surface area contributed by atoms with E-state index in [2.05, 4.69) is 36.7 Å². The molecule has 3 heterocycles. The van der Waals surface area contributed by atoms with E-state index in [0.717, 1.165) is 19.5 Å². The molecule has 0 spiro atoms. The lowest BCUT2D eigenvalue weighted by molar-refractivity contribution is 0.664. The average Bonchev–Trinajstić information content (AvgIpc) is 2.69. The summed E-state index contributed by atoms with van der Waals surface area (Å²) in [7, 11) is 2.04. The highest BCUT2D eigenvalue weighted by atomic mass is 35.5.